The number of carbonyl (C=O) groups is 1. The van der Waals surface area contributed by atoms with Crippen LogP contribution >= 0.6 is 0 Å². The summed E-state index contributed by atoms with van der Waals surface area (Å²) in [5.41, 5.74) is 2.97. The Labute approximate surface area is 173 Å². The molecule has 5 heteroatoms. The van der Waals surface area contributed by atoms with Crippen molar-refractivity contribution < 1.29 is 14.3 Å². The number of rotatable bonds is 7. The van der Waals surface area contributed by atoms with E-state index in [9.17, 15) is 4.79 Å². The van der Waals surface area contributed by atoms with E-state index < -0.39 is 0 Å². The van der Waals surface area contributed by atoms with Gasteiger partial charge in [0.25, 0.3) is 0 Å². The molecule has 29 heavy (non-hydrogen) atoms. The first-order valence-corrected chi connectivity index (χ1v) is 10.6. The van der Waals surface area contributed by atoms with Gasteiger partial charge in [-0.05, 0) is 87.2 Å². The molecular formula is C24H30N2O3. The molecule has 2 aliphatic rings. The molecule has 0 unspecified atom stereocenters. The SMILES string of the molecule is COc1ccc(N2C(=O)CCc3cc(OCCCN4CCC[C@H]4C)ccc32)cc1. The van der Waals surface area contributed by atoms with Gasteiger partial charge in [0, 0.05) is 24.7 Å². The van der Waals surface area contributed by atoms with Gasteiger partial charge in [-0.25, -0.2) is 0 Å². The van der Waals surface area contributed by atoms with Gasteiger partial charge in [-0.3, -0.25) is 9.69 Å². The predicted molar refractivity (Wildman–Crippen MR) is 115 cm³/mol. The second-order valence-corrected chi connectivity index (χ2v) is 7.95. The second-order valence-electron chi connectivity index (χ2n) is 7.95. The molecule has 0 N–H and O–H groups in total. The standard InChI is InChI=1S/C24H30N2O3/c1-18-5-3-14-25(18)15-4-16-29-22-11-12-23-19(17-22)6-13-24(27)26(23)20-7-9-21(28-2)10-8-20/h7-12,17-18H,3-6,13-16H2,1-2H3/t18-/m1/s1. The van der Waals surface area contributed by atoms with Gasteiger partial charge in [-0.15, -0.1) is 0 Å². The van der Waals surface area contributed by atoms with E-state index in [1.165, 1.54) is 19.4 Å². The highest BCUT2D eigenvalue weighted by molar-refractivity contribution is 6.03. The van der Waals surface area contributed by atoms with Crippen molar-refractivity contribution >= 4 is 17.3 Å². The number of nitrogens with zero attached hydrogens (tertiary/aromatic N) is 2. The van der Waals surface area contributed by atoms with E-state index in [2.05, 4.69) is 17.9 Å². The molecule has 0 spiro atoms. The van der Waals surface area contributed by atoms with Crippen LogP contribution in [-0.2, 0) is 11.2 Å². The number of methoxy groups -OCH3 is 1. The van der Waals surface area contributed by atoms with Crippen LogP contribution in [0.25, 0.3) is 0 Å². The van der Waals surface area contributed by atoms with Crippen molar-refractivity contribution in [2.45, 2.75) is 45.1 Å². The molecule has 4 rings (SSSR count). The number of fused-ring (bicyclic) bond motifs is 1. The van der Waals surface area contributed by atoms with E-state index >= 15 is 0 Å². The molecule has 1 saturated heterocycles. The van der Waals surface area contributed by atoms with Crippen LogP contribution in [0.4, 0.5) is 11.4 Å². The van der Waals surface area contributed by atoms with E-state index in [0.29, 0.717) is 12.5 Å². The molecule has 0 bridgehead atoms. The zero-order valence-corrected chi connectivity index (χ0v) is 17.4. The minimum Gasteiger partial charge on any atom is -0.497 e. The van der Waals surface area contributed by atoms with Gasteiger partial charge in [0.1, 0.15) is 11.5 Å². The Hall–Kier alpha value is -2.53. The van der Waals surface area contributed by atoms with Crippen LogP contribution in [-0.4, -0.2) is 43.7 Å². The molecule has 2 aromatic rings. The maximum absolute atomic E-state index is 12.6. The third-order valence-electron chi connectivity index (χ3n) is 6.03. The molecule has 5 nitrogen and oxygen atoms in total. The van der Waals surface area contributed by atoms with Crippen molar-refractivity contribution in [3.05, 3.63) is 48.0 Å². The van der Waals surface area contributed by atoms with Crippen molar-refractivity contribution in [1.29, 1.82) is 0 Å². The number of carbonyl (C=O) groups excluding carboxylic acids is 1. The van der Waals surface area contributed by atoms with Gasteiger partial charge in [-0.2, -0.15) is 0 Å². The summed E-state index contributed by atoms with van der Waals surface area (Å²) < 4.78 is 11.2. The molecule has 1 fully saturated rings. The Bertz CT molecular complexity index is 850. The summed E-state index contributed by atoms with van der Waals surface area (Å²) in [5, 5.41) is 0. The average Bonchev–Trinajstić information content (AvgIpc) is 3.16. The fourth-order valence-corrected chi connectivity index (χ4v) is 4.35. The Morgan fingerprint density at radius 3 is 2.59 bits per heavy atom. The Morgan fingerprint density at radius 2 is 1.86 bits per heavy atom. The first-order chi connectivity index (χ1) is 14.2. The number of hydrogen-bond donors (Lipinski definition) is 0. The van der Waals surface area contributed by atoms with Crippen LogP contribution in [0.5, 0.6) is 11.5 Å². The molecule has 154 valence electrons. The smallest absolute Gasteiger partial charge is 0.231 e. The van der Waals surface area contributed by atoms with E-state index in [4.69, 9.17) is 9.47 Å². The number of anilines is 2. The lowest BCUT2D eigenvalue weighted by atomic mass is 10.00. The lowest BCUT2D eigenvalue weighted by molar-refractivity contribution is -0.118. The van der Waals surface area contributed by atoms with Crippen molar-refractivity contribution in [2.75, 3.05) is 31.7 Å². The number of ether oxygens (including phenoxy) is 2. The zero-order valence-electron chi connectivity index (χ0n) is 17.4. The molecule has 1 amide bonds. The molecule has 0 radical (unpaired) electrons. The topological polar surface area (TPSA) is 42.0 Å². The van der Waals surface area contributed by atoms with Gasteiger partial charge >= 0.3 is 0 Å². The van der Waals surface area contributed by atoms with Crippen molar-refractivity contribution in [3.63, 3.8) is 0 Å². The van der Waals surface area contributed by atoms with E-state index in [-0.39, 0.29) is 5.91 Å². The maximum Gasteiger partial charge on any atom is 0.231 e. The fraction of sp³-hybridized carbons (Fsp3) is 0.458. The zero-order chi connectivity index (χ0) is 20.2. The molecular weight excluding hydrogens is 364 g/mol. The van der Waals surface area contributed by atoms with Crippen LogP contribution in [0.15, 0.2) is 42.5 Å². The highest BCUT2D eigenvalue weighted by atomic mass is 16.5. The Balaban J connectivity index is 1.41. The normalized spacial score (nSPS) is 19.3. The highest BCUT2D eigenvalue weighted by Crippen LogP contribution is 2.36. The first-order valence-electron chi connectivity index (χ1n) is 10.6. The van der Waals surface area contributed by atoms with Gasteiger partial charge in [0.2, 0.25) is 5.91 Å². The quantitative estimate of drug-likeness (QED) is 0.646. The lowest BCUT2D eigenvalue weighted by Gasteiger charge is -2.30. The summed E-state index contributed by atoms with van der Waals surface area (Å²) in [6.07, 6.45) is 4.93. The van der Waals surface area contributed by atoms with Crippen molar-refractivity contribution in [2.24, 2.45) is 0 Å². The van der Waals surface area contributed by atoms with Gasteiger partial charge in [0.05, 0.1) is 19.4 Å². The van der Waals surface area contributed by atoms with Crippen molar-refractivity contribution in [3.8, 4) is 11.5 Å². The molecule has 0 aliphatic carbocycles. The predicted octanol–water partition coefficient (Wildman–Crippen LogP) is 4.56. The molecule has 2 heterocycles. The minimum atomic E-state index is 0.121. The van der Waals surface area contributed by atoms with Gasteiger partial charge < -0.3 is 14.4 Å². The highest BCUT2D eigenvalue weighted by Gasteiger charge is 2.26. The van der Waals surface area contributed by atoms with E-state index in [1.807, 2.05) is 36.4 Å². The lowest BCUT2D eigenvalue weighted by Crippen LogP contribution is -2.30. The van der Waals surface area contributed by atoms with Crippen LogP contribution in [0, 0.1) is 0 Å². The maximum atomic E-state index is 12.6. The summed E-state index contributed by atoms with van der Waals surface area (Å²) in [4.78, 5) is 17.0. The average molecular weight is 395 g/mol. The summed E-state index contributed by atoms with van der Waals surface area (Å²) in [6, 6.07) is 14.4. The summed E-state index contributed by atoms with van der Waals surface area (Å²) in [5.74, 6) is 1.80. The molecule has 2 aliphatic heterocycles. The van der Waals surface area contributed by atoms with Crippen molar-refractivity contribution in [1.82, 2.24) is 4.90 Å². The number of likely N-dealkylation sites (tertiary alicyclic amines) is 1. The second kappa shape index (κ2) is 8.87. The summed E-state index contributed by atoms with van der Waals surface area (Å²) >= 11 is 0. The third kappa shape index (κ3) is 4.40. The Morgan fingerprint density at radius 1 is 1.07 bits per heavy atom. The molecule has 0 aromatic heterocycles. The molecule has 2 aromatic carbocycles. The fourth-order valence-electron chi connectivity index (χ4n) is 4.35. The number of hydrogen-bond acceptors (Lipinski definition) is 4. The molecule has 1 atom stereocenters. The summed E-state index contributed by atoms with van der Waals surface area (Å²) in [7, 11) is 1.64. The van der Waals surface area contributed by atoms with Gasteiger partial charge in [-0.1, -0.05) is 0 Å². The van der Waals surface area contributed by atoms with Crippen LogP contribution in [0.2, 0.25) is 0 Å². The minimum absolute atomic E-state index is 0.121. The molecule has 0 saturated carbocycles. The first kappa shape index (κ1) is 19.8. The van der Waals surface area contributed by atoms with Gasteiger partial charge in [0.15, 0.2) is 0 Å². The van der Waals surface area contributed by atoms with Crippen LogP contribution in [0.1, 0.15) is 38.2 Å². The van der Waals surface area contributed by atoms with E-state index in [1.54, 1.807) is 12.0 Å². The van der Waals surface area contributed by atoms with Crippen LogP contribution in [0.3, 0.4) is 0 Å². The monoisotopic (exact) mass is 394 g/mol. The van der Waals surface area contributed by atoms with Crippen LogP contribution < -0.4 is 14.4 Å². The number of amides is 1. The Kier molecular flexibility index (Phi) is 6.05. The van der Waals surface area contributed by atoms with E-state index in [0.717, 1.165) is 54.4 Å². The third-order valence-corrected chi connectivity index (χ3v) is 6.03. The largest absolute Gasteiger partial charge is 0.497 e. The number of benzene rings is 2. The number of aryl methyl sites for hydroxylation is 1. The summed E-state index contributed by atoms with van der Waals surface area (Å²) in [6.45, 7) is 5.36.